The number of ether oxygens (including phenoxy) is 1. The minimum absolute atomic E-state index is 0.0231. The molecule has 1 saturated heterocycles. The van der Waals surface area contributed by atoms with E-state index in [1.54, 1.807) is 23.3 Å². The van der Waals surface area contributed by atoms with Gasteiger partial charge in [-0.3, -0.25) is 9.36 Å². The lowest BCUT2D eigenvalue weighted by molar-refractivity contribution is -0.274. The molecule has 0 bridgehead atoms. The Morgan fingerprint density at radius 3 is 2.69 bits per heavy atom. The minimum Gasteiger partial charge on any atom is -0.406 e. The van der Waals surface area contributed by atoms with Crippen LogP contribution in [0, 0.1) is 6.92 Å². The topological polar surface area (TPSA) is 85.2 Å². The number of nitrogens with one attached hydrogen (secondary N) is 1. The third-order valence-corrected chi connectivity index (χ3v) is 5.80. The number of hydrogen-bond acceptors (Lipinski definition) is 6. The van der Waals surface area contributed by atoms with E-state index < -0.39 is 6.36 Å². The Morgan fingerprint density at radius 2 is 1.97 bits per heavy atom. The molecule has 0 saturated carbocycles. The Balaban J connectivity index is 1.41. The number of aryl methyl sites for hydroxylation is 1. The van der Waals surface area contributed by atoms with Gasteiger partial charge in [0.1, 0.15) is 17.9 Å². The third kappa shape index (κ3) is 6.93. The fraction of sp³-hybridized carbons (Fsp3) is 0.417. The Kier molecular flexibility index (Phi) is 7.52. The maximum absolute atomic E-state index is 12.8. The monoisotopic (exact) mass is 488 g/mol. The predicted octanol–water partition coefficient (Wildman–Crippen LogP) is 4.32. The van der Waals surface area contributed by atoms with Gasteiger partial charge in [0.05, 0.1) is 0 Å². The van der Waals surface area contributed by atoms with E-state index >= 15 is 0 Å². The van der Waals surface area contributed by atoms with E-state index in [0.29, 0.717) is 17.9 Å². The van der Waals surface area contributed by atoms with Crippen molar-refractivity contribution >= 4 is 11.7 Å². The molecule has 186 valence electrons. The first kappa shape index (κ1) is 24.5. The van der Waals surface area contributed by atoms with Crippen molar-refractivity contribution in [1.29, 1.82) is 0 Å². The van der Waals surface area contributed by atoms with Crippen molar-refractivity contribution in [3.05, 3.63) is 60.3 Å². The van der Waals surface area contributed by atoms with E-state index in [-0.39, 0.29) is 24.2 Å². The second kappa shape index (κ2) is 10.7. The lowest BCUT2D eigenvalue weighted by Gasteiger charge is -2.31. The van der Waals surface area contributed by atoms with Crippen molar-refractivity contribution < 1.29 is 22.7 Å². The summed E-state index contributed by atoms with van der Waals surface area (Å²) in [5.74, 6) is 0.888. The van der Waals surface area contributed by atoms with Crippen molar-refractivity contribution in [3.63, 3.8) is 0 Å². The number of hydrogen-bond donors (Lipinski definition) is 1. The molecule has 35 heavy (non-hydrogen) atoms. The number of imidazole rings is 1. The van der Waals surface area contributed by atoms with Crippen LogP contribution in [0.1, 0.15) is 43.4 Å². The molecule has 2 aromatic heterocycles. The van der Waals surface area contributed by atoms with Crippen LogP contribution in [0.4, 0.5) is 19.0 Å². The number of benzene rings is 1. The zero-order valence-corrected chi connectivity index (χ0v) is 19.3. The summed E-state index contributed by atoms with van der Waals surface area (Å²) in [5, 5.41) is 2.88. The highest BCUT2D eigenvalue weighted by atomic mass is 19.4. The van der Waals surface area contributed by atoms with Crippen LogP contribution in [0.2, 0.25) is 0 Å². The van der Waals surface area contributed by atoms with Gasteiger partial charge in [-0.1, -0.05) is 25.0 Å². The molecule has 0 spiro atoms. The number of rotatable bonds is 7. The highest BCUT2D eigenvalue weighted by Crippen LogP contribution is 2.26. The van der Waals surface area contributed by atoms with Crippen LogP contribution in [-0.2, 0) is 11.3 Å². The molecule has 11 heteroatoms. The van der Waals surface area contributed by atoms with Crippen LogP contribution in [0.25, 0.3) is 5.95 Å². The molecular weight excluding hydrogens is 461 g/mol. The zero-order valence-electron chi connectivity index (χ0n) is 19.3. The van der Waals surface area contributed by atoms with E-state index in [9.17, 15) is 18.0 Å². The zero-order chi connectivity index (χ0) is 24.8. The summed E-state index contributed by atoms with van der Waals surface area (Å²) in [5.41, 5.74) is 1.51. The van der Waals surface area contributed by atoms with Crippen LogP contribution >= 0.6 is 0 Å². The first-order chi connectivity index (χ1) is 16.8. The highest BCUT2D eigenvalue weighted by Gasteiger charge is 2.31. The molecule has 8 nitrogen and oxygen atoms in total. The fourth-order valence-corrected chi connectivity index (χ4v) is 4.16. The number of carbonyl (C=O) groups excluding carboxylic acids is 1. The summed E-state index contributed by atoms with van der Waals surface area (Å²) in [6.07, 6.45) is 4.63. The average Bonchev–Trinajstić information content (AvgIpc) is 3.25. The number of aromatic nitrogens is 4. The molecule has 0 radical (unpaired) electrons. The van der Waals surface area contributed by atoms with Gasteiger partial charge in [-0.05, 0) is 37.5 Å². The molecular formula is C24H27F3N6O2. The Hall–Kier alpha value is -3.63. The Labute approximate surface area is 201 Å². The van der Waals surface area contributed by atoms with E-state index in [1.807, 2.05) is 13.0 Å². The van der Waals surface area contributed by atoms with E-state index in [0.717, 1.165) is 43.7 Å². The molecule has 1 fully saturated rings. The third-order valence-electron chi connectivity index (χ3n) is 5.80. The number of nitrogens with zero attached hydrogens (tertiary/aromatic N) is 5. The molecule has 3 heterocycles. The van der Waals surface area contributed by atoms with Crippen molar-refractivity contribution in [3.8, 4) is 11.7 Å². The van der Waals surface area contributed by atoms with Crippen LogP contribution in [0.15, 0.2) is 49.1 Å². The van der Waals surface area contributed by atoms with Gasteiger partial charge in [0, 0.05) is 49.7 Å². The molecule has 1 unspecified atom stereocenters. The van der Waals surface area contributed by atoms with Gasteiger partial charge in [-0.2, -0.15) is 4.98 Å². The van der Waals surface area contributed by atoms with Crippen LogP contribution in [-0.4, -0.2) is 44.4 Å². The number of amides is 1. The maximum Gasteiger partial charge on any atom is 0.573 e. The van der Waals surface area contributed by atoms with Crippen LogP contribution < -0.4 is 15.0 Å². The van der Waals surface area contributed by atoms with E-state index in [2.05, 4.69) is 24.9 Å². The van der Waals surface area contributed by atoms with Crippen molar-refractivity contribution in [1.82, 2.24) is 24.8 Å². The quantitative estimate of drug-likeness (QED) is 0.533. The van der Waals surface area contributed by atoms with Gasteiger partial charge < -0.3 is 15.0 Å². The summed E-state index contributed by atoms with van der Waals surface area (Å²) in [7, 11) is 0. The van der Waals surface area contributed by atoms with E-state index in [4.69, 9.17) is 4.98 Å². The first-order valence-electron chi connectivity index (χ1n) is 11.5. The second-order valence-corrected chi connectivity index (χ2v) is 8.51. The lowest BCUT2D eigenvalue weighted by Crippen LogP contribution is -2.40. The van der Waals surface area contributed by atoms with Crippen LogP contribution in [0.5, 0.6) is 5.75 Å². The van der Waals surface area contributed by atoms with Gasteiger partial charge in [-0.25, -0.2) is 9.97 Å². The SMILES string of the molecule is Cc1cc(N2CCCCCC2CC(=O)NCc2ccc(OC(F)(F)F)cc2)nc(-n2ccnc2)n1. The van der Waals surface area contributed by atoms with Gasteiger partial charge in [0.25, 0.3) is 0 Å². The average molecular weight is 489 g/mol. The van der Waals surface area contributed by atoms with Gasteiger partial charge in [0.15, 0.2) is 0 Å². The lowest BCUT2D eigenvalue weighted by atomic mass is 10.1. The Bertz CT molecular complexity index is 1120. The summed E-state index contributed by atoms with van der Waals surface area (Å²) in [6, 6.07) is 7.38. The molecule has 3 aromatic rings. The summed E-state index contributed by atoms with van der Waals surface area (Å²) in [4.78, 5) is 28.3. The van der Waals surface area contributed by atoms with Gasteiger partial charge in [-0.15, -0.1) is 13.2 Å². The fourth-order valence-electron chi connectivity index (χ4n) is 4.16. The minimum atomic E-state index is -4.73. The standard InChI is InChI=1S/C24H27F3N6O2/c1-17-13-21(31-23(30-17)32-12-10-28-16-32)33-11-4-2-3-5-19(33)14-22(34)29-15-18-6-8-20(9-7-18)35-24(25,26)27/h6-10,12-13,16,19H,2-5,11,14-15H2,1H3,(H,29,34). The molecule has 1 N–H and O–H groups in total. The van der Waals surface area contributed by atoms with Crippen molar-refractivity contribution in [2.24, 2.45) is 0 Å². The first-order valence-corrected chi connectivity index (χ1v) is 11.5. The summed E-state index contributed by atoms with van der Waals surface area (Å²) in [6.45, 7) is 2.92. The summed E-state index contributed by atoms with van der Waals surface area (Å²) >= 11 is 0. The molecule has 1 atom stereocenters. The normalized spacial score (nSPS) is 16.6. The van der Waals surface area contributed by atoms with E-state index in [1.165, 1.54) is 24.3 Å². The molecule has 1 aliphatic rings. The maximum atomic E-state index is 12.8. The highest BCUT2D eigenvalue weighted by molar-refractivity contribution is 5.77. The molecule has 4 rings (SSSR count). The second-order valence-electron chi connectivity index (χ2n) is 8.51. The predicted molar refractivity (Wildman–Crippen MR) is 123 cm³/mol. The van der Waals surface area contributed by atoms with Gasteiger partial charge in [0.2, 0.25) is 11.9 Å². The number of carbonyl (C=O) groups is 1. The van der Waals surface area contributed by atoms with Crippen molar-refractivity contribution in [2.45, 2.75) is 58.0 Å². The summed E-state index contributed by atoms with van der Waals surface area (Å²) < 4.78 is 42.6. The van der Waals surface area contributed by atoms with Crippen molar-refractivity contribution in [2.75, 3.05) is 11.4 Å². The molecule has 1 aliphatic heterocycles. The number of halogens is 3. The molecule has 0 aliphatic carbocycles. The molecule has 1 aromatic carbocycles. The number of alkyl halides is 3. The number of anilines is 1. The molecule has 1 amide bonds. The van der Waals surface area contributed by atoms with Gasteiger partial charge >= 0.3 is 6.36 Å². The van der Waals surface area contributed by atoms with Crippen LogP contribution in [0.3, 0.4) is 0 Å². The smallest absolute Gasteiger partial charge is 0.406 e. The largest absolute Gasteiger partial charge is 0.573 e. The Morgan fingerprint density at radius 1 is 1.17 bits per heavy atom.